The highest BCUT2D eigenvalue weighted by atomic mass is 16.5. The molecule has 6 heteroatoms. The van der Waals surface area contributed by atoms with E-state index >= 15 is 0 Å². The lowest BCUT2D eigenvalue weighted by molar-refractivity contribution is 0.463. The predicted molar refractivity (Wildman–Crippen MR) is 189 cm³/mol. The predicted octanol–water partition coefficient (Wildman–Crippen LogP) is 9.88. The zero-order valence-corrected chi connectivity index (χ0v) is 26.5. The van der Waals surface area contributed by atoms with E-state index < -0.39 is 0 Å². The van der Waals surface area contributed by atoms with E-state index in [0.29, 0.717) is 5.88 Å². The molecule has 0 radical (unpaired) electrons. The van der Waals surface area contributed by atoms with Gasteiger partial charge in [-0.3, -0.25) is 4.57 Å². The lowest BCUT2D eigenvalue weighted by atomic mass is 9.88. The first-order valence-electron chi connectivity index (χ1n) is 15.7. The molecule has 0 unspecified atom stereocenters. The first-order chi connectivity index (χ1) is 22.3. The molecule has 0 spiro atoms. The SMILES string of the molecule is CN1CN(c2ccnc(Oc3ccc4c5cc(-c6ccccc6)ccc5n(-c5cc(C(C)(C)C)ccn5)c4c3)c2)c2ccccc21. The van der Waals surface area contributed by atoms with Crippen molar-refractivity contribution in [3.8, 4) is 28.6 Å². The number of aromatic nitrogens is 3. The molecule has 0 bridgehead atoms. The van der Waals surface area contributed by atoms with Crippen LogP contribution in [0.3, 0.4) is 0 Å². The molecule has 0 fully saturated rings. The zero-order valence-electron chi connectivity index (χ0n) is 26.5. The van der Waals surface area contributed by atoms with Crippen LogP contribution in [-0.2, 0) is 5.41 Å². The molecule has 1 aliphatic heterocycles. The average molecular weight is 602 g/mol. The molecule has 0 saturated carbocycles. The molecule has 4 heterocycles. The van der Waals surface area contributed by atoms with Crippen molar-refractivity contribution < 1.29 is 4.74 Å². The number of ether oxygens (including phenoxy) is 1. The quantitative estimate of drug-likeness (QED) is 0.197. The second-order valence-corrected chi connectivity index (χ2v) is 13.0. The van der Waals surface area contributed by atoms with E-state index in [4.69, 9.17) is 9.72 Å². The second kappa shape index (κ2) is 10.8. The first kappa shape index (κ1) is 27.9. The average Bonchev–Trinajstić information content (AvgIpc) is 3.59. The fourth-order valence-corrected chi connectivity index (χ4v) is 6.47. The Labute approximate surface area is 269 Å². The van der Waals surface area contributed by atoms with Gasteiger partial charge in [-0.25, -0.2) is 9.97 Å². The number of nitrogens with zero attached hydrogens (tertiary/aromatic N) is 5. The number of hydrogen-bond acceptors (Lipinski definition) is 5. The number of fused-ring (bicyclic) bond motifs is 4. The topological polar surface area (TPSA) is 46.4 Å². The molecule has 1 aliphatic rings. The molecule has 3 aromatic heterocycles. The molecular formula is C40H35N5O. The molecule has 46 heavy (non-hydrogen) atoms. The molecule has 7 aromatic rings. The van der Waals surface area contributed by atoms with Crippen LogP contribution in [0.25, 0.3) is 38.8 Å². The number of pyridine rings is 2. The van der Waals surface area contributed by atoms with Gasteiger partial charge in [0.15, 0.2) is 0 Å². The minimum absolute atomic E-state index is 0.00739. The highest BCUT2D eigenvalue weighted by Gasteiger charge is 2.24. The molecule has 226 valence electrons. The smallest absolute Gasteiger partial charge is 0.221 e. The fraction of sp³-hybridized carbons (Fsp3) is 0.150. The molecule has 6 nitrogen and oxygen atoms in total. The second-order valence-electron chi connectivity index (χ2n) is 13.0. The Kier molecular flexibility index (Phi) is 6.53. The lowest BCUT2D eigenvalue weighted by Crippen LogP contribution is -2.23. The summed E-state index contributed by atoms with van der Waals surface area (Å²) in [5.74, 6) is 2.15. The van der Waals surface area contributed by atoms with Gasteiger partial charge in [0.25, 0.3) is 0 Å². The van der Waals surface area contributed by atoms with Gasteiger partial charge in [0.2, 0.25) is 5.88 Å². The highest BCUT2D eigenvalue weighted by Crippen LogP contribution is 2.41. The zero-order chi connectivity index (χ0) is 31.4. The molecule has 0 saturated heterocycles. The van der Waals surface area contributed by atoms with Crippen molar-refractivity contribution in [2.24, 2.45) is 0 Å². The fourth-order valence-electron chi connectivity index (χ4n) is 6.47. The van der Waals surface area contributed by atoms with E-state index in [1.54, 1.807) is 0 Å². The summed E-state index contributed by atoms with van der Waals surface area (Å²) < 4.78 is 8.73. The number of hydrogen-bond donors (Lipinski definition) is 0. The van der Waals surface area contributed by atoms with Crippen LogP contribution in [0.2, 0.25) is 0 Å². The number of rotatable bonds is 5. The van der Waals surface area contributed by atoms with Gasteiger partial charge < -0.3 is 14.5 Å². The van der Waals surface area contributed by atoms with E-state index in [1.807, 2.05) is 30.6 Å². The van der Waals surface area contributed by atoms with Crippen molar-refractivity contribution in [3.63, 3.8) is 0 Å². The number of para-hydroxylation sites is 2. The van der Waals surface area contributed by atoms with Crippen molar-refractivity contribution in [2.45, 2.75) is 26.2 Å². The summed E-state index contributed by atoms with van der Waals surface area (Å²) in [6, 6.07) is 40.3. The molecule has 0 amide bonds. The van der Waals surface area contributed by atoms with Crippen molar-refractivity contribution in [1.82, 2.24) is 14.5 Å². The van der Waals surface area contributed by atoms with Crippen LogP contribution in [0.15, 0.2) is 128 Å². The van der Waals surface area contributed by atoms with Crippen molar-refractivity contribution in [3.05, 3.63) is 133 Å². The Morgan fingerprint density at radius 2 is 1.43 bits per heavy atom. The van der Waals surface area contributed by atoms with Crippen molar-refractivity contribution in [2.75, 3.05) is 23.5 Å². The highest BCUT2D eigenvalue weighted by molar-refractivity contribution is 6.10. The van der Waals surface area contributed by atoms with Crippen LogP contribution >= 0.6 is 0 Å². The molecule has 0 atom stereocenters. The van der Waals surface area contributed by atoms with Gasteiger partial charge >= 0.3 is 0 Å². The Hall–Kier alpha value is -5.62. The standard InChI is InChI=1S/C40H35N5O/c1-40(2,3)29-18-20-41-38(23-29)45-34-17-14-28(27-10-6-5-7-11-27)22-33(34)32-16-15-31(25-37(32)45)46-39-24-30(19-21-42-39)44-26-43(4)35-12-8-9-13-36(35)44/h5-25H,26H2,1-4H3. The van der Waals surface area contributed by atoms with E-state index in [2.05, 4.69) is 144 Å². The van der Waals surface area contributed by atoms with Gasteiger partial charge in [-0.05, 0) is 76.7 Å². The minimum Gasteiger partial charge on any atom is -0.439 e. The number of benzene rings is 4. The van der Waals surface area contributed by atoms with Gasteiger partial charge in [0.1, 0.15) is 11.6 Å². The van der Waals surface area contributed by atoms with Crippen LogP contribution in [0, 0.1) is 0 Å². The maximum Gasteiger partial charge on any atom is 0.221 e. The maximum atomic E-state index is 6.47. The summed E-state index contributed by atoms with van der Waals surface area (Å²) in [6.07, 6.45) is 3.73. The first-order valence-corrected chi connectivity index (χ1v) is 15.7. The summed E-state index contributed by atoms with van der Waals surface area (Å²) in [5, 5.41) is 2.31. The van der Waals surface area contributed by atoms with Crippen LogP contribution in [-0.4, -0.2) is 28.3 Å². The van der Waals surface area contributed by atoms with E-state index in [-0.39, 0.29) is 5.41 Å². The van der Waals surface area contributed by atoms with Crippen LogP contribution < -0.4 is 14.5 Å². The Bertz CT molecular complexity index is 2230. The molecule has 8 rings (SSSR count). The normalized spacial score (nSPS) is 13.0. The lowest BCUT2D eigenvalue weighted by Gasteiger charge is -2.20. The van der Waals surface area contributed by atoms with Gasteiger partial charge in [-0.1, -0.05) is 69.3 Å². The monoisotopic (exact) mass is 601 g/mol. The van der Waals surface area contributed by atoms with Gasteiger partial charge in [-0.2, -0.15) is 0 Å². The molecular weight excluding hydrogens is 566 g/mol. The van der Waals surface area contributed by atoms with Crippen LogP contribution in [0.4, 0.5) is 17.1 Å². The van der Waals surface area contributed by atoms with E-state index in [0.717, 1.165) is 40.3 Å². The third kappa shape index (κ3) is 4.83. The van der Waals surface area contributed by atoms with Crippen LogP contribution in [0.1, 0.15) is 26.3 Å². The van der Waals surface area contributed by atoms with Crippen molar-refractivity contribution in [1.29, 1.82) is 0 Å². The Balaban J connectivity index is 1.24. The van der Waals surface area contributed by atoms with Gasteiger partial charge in [0, 0.05) is 48.0 Å². The van der Waals surface area contributed by atoms with E-state index in [1.165, 1.54) is 33.5 Å². The van der Waals surface area contributed by atoms with Crippen molar-refractivity contribution >= 4 is 38.9 Å². The molecule has 4 aromatic carbocycles. The van der Waals surface area contributed by atoms with Gasteiger partial charge in [-0.15, -0.1) is 0 Å². The van der Waals surface area contributed by atoms with E-state index in [9.17, 15) is 0 Å². The summed E-state index contributed by atoms with van der Waals surface area (Å²) in [7, 11) is 2.11. The maximum absolute atomic E-state index is 6.47. The third-order valence-corrected chi connectivity index (χ3v) is 8.88. The third-order valence-electron chi connectivity index (χ3n) is 8.88. The largest absolute Gasteiger partial charge is 0.439 e. The Morgan fingerprint density at radius 3 is 2.26 bits per heavy atom. The Morgan fingerprint density at radius 1 is 0.652 bits per heavy atom. The summed E-state index contributed by atoms with van der Waals surface area (Å²) in [4.78, 5) is 14.0. The molecule has 0 N–H and O–H groups in total. The summed E-state index contributed by atoms with van der Waals surface area (Å²) in [6.45, 7) is 7.46. The summed E-state index contributed by atoms with van der Waals surface area (Å²) in [5.41, 5.74) is 9.14. The minimum atomic E-state index is -0.00739. The summed E-state index contributed by atoms with van der Waals surface area (Å²) >= 11 is 0. The van der Waals surface area contributed by atoms with Gasteiger partial charge in [0.05, 0.1) is 29.1 Å². The number of anilines is 3. The van der Waals surface area contributed by atoms with Crippen LogP contribution in [0.5, 0.6) is 11.6 Å². The molecule has 0 aliphatic carbocycles.